The van der Waals surface area contributed by atoms with E-state index >= 15 is 0 Å². The van der Waals surface area contributed by atoms with Gasteiger partial charge in [-0.25, -0.2) is 0 Å². The molecule has 1 heterocycles. The van der Waals surface area contributed by atoms with Crippen molar-refractivity contribution in [1.82, 2.24) is 4.90 Å². The minimum atomic E-state index is -0.0243. The van der Waals surface area contributed by atoms with Crippen LogP contribution in [0.3, 0.4) is 0 Å². The first-order chi connectivity index (χ1) is 13.6. The zero-order chi connectivity index (χ0) is 19.7. The largest absolute Gasteiger partial charge is 0.335 e. The summed E-state index contributed by atoms with van der Waals surface area (Å²) in [6.07, 6.45) is 5.82. The Morgan fingerprint density at radius 1 is 1.04 bits per heavy atom. The Kier molecular flexibility index (Phi) is 5.80. The molecule has 1 aliphatic heterocycles. The minimum Gasteiger partial charge on any atom is -0.335 e. The number of halogens is 2. The molecule has 1 amide bonds. The standard InChI is InChI=1S/C24H25Cl2NO/c1-2-4-19-14-22(18-5-3-6-21(26)13-18)23(17-9-11-20(25)12-10-17)27(24(19)28)15-16-7-8-16/h2-3,5-6,9-13,16,19,22-23H,1,4,7-8,14-15H2/t19-,22+,23?/m0/s1. The molecule has 4 rings (SSSR count). The number of hydrogen-bond donors (Lipinski definition) is 0. The Morgan fingerprint density at radius 3 is 2.43 bits per heavy atom. The van der Waals surface area contributed by atoms with E-state index in [0.29, 0.717) is 17.4 Å². The highest BCUT2D eigenvalue weighted by atomic mass is 35.5. The molecule has 2 aromatic carbocycles. The molecule has 0 aromatic heterocycles. The van der Waals surface area contributed by atoms with Gasteiger partial charge >= 0.3 is 0 Å². The van der Waals surface area contributed by atoms with Crippen LogP contribution >= 0.6 is 23.2 Å². The van der Waals surface area contributed by atoms with Crippen LogP contribution in [0, 0.1) is 11.8 Å². The van der Waals surface area contributed by atoms with Crippen LogP contribution in [0.25, 0.3) is 0 Å². The van der Waals surface area contributed by atoms with Gasteiger partial charge in [0.05, 0.1) is 6.04 Å². The van der Waals surface area contributed by atoms with Gasteiger partial charge in [0.15, 0.2) is 0 Å². The fraction of sp³-hybridized carbons (Fsp3) is 0.375. The quantitative estimate of drug-likeness (QED) is 0.485. The third kappa shape index (κ3) is 4.14. The molecule has 2 nitrogen and oxygen atoms in total. The zero-order valence-corrected chi connectivity index (χ0v) is 17.4. The molecule has 0 radical (unpaired) electrons. The van der Waals surface area contributed by atoms with Gasteiger partial charge in [0.2, 0.25) is 5.91 Å². The first-order valence-electron chi connectivity index (χ1n) is 9.99. The molecule has 2 aromatic rings. The summed E-state index contributed by atoms with van der Waals surface area (Å²) in [5.41, 5.74) is 2.33. The predicted molar refractivity (Wildman–Crippen MR) is 116 cm³/mol. The molecule has 3 atom stereocenters. The average Bonchev–Trinajstić information content (AvgIpc) is 3.50. The summed E-state index contributed by atoms with van der Waals surface area (Å²) >= 11 is 12.5. The molecule has 1 unspecified atom stereocenters. The Bertz CT molecular complexity index is 859. The topological polar surface area (TPSA) is 20.3 Å². The summed E-state index contributed by atoms with van der Waals surface area (Å²) in [6, 6.07) is 16.0. The number of hydrogen-bond acceptors (Lipinski definition) is 1. The van der Waals surface area contributed by atoms with Crippen molar-refractivity contribution < 1.29 is 4.79 Å². The Morgan fingerprint density at radius 2 is 1.79 bits per heavy atom. The van der Waals surface area contributed by atoms with E-state index in [9.17, 15) is 4.79 Å². The van der Waals surface area contributed by atoms with Gasteiger partial charge in [-0.1, -0.05) is 53.5 Å². The van der Waals surface area contributed by atoms with Gasteiger partial charge in [0, 0.05) is 28.4 Å². The van der Waals surface area contributed by atoms with E-state index in [1.54, 1.807) is 0 Å². The van der Waals surface area contributed by atoms with E-state index < -0.39 is 0 Å². The fourth-order valence-corrected chi connectivity index (χ4v) is 4.76. The number of carbonyl (C=O) groups excluding carboxylic acids is 1. The van der Waals surface area contributed by atoms with Crippen molar-refractivity contribution in [3.05, 3.63) is 82.4 Å². The normalized spacial score (nSPS) is 25.0. The van der Waals surface area contributed by atoms with Crippen molar-refractivity contribution in [1.29, 1.82) is 0 Å². The van der Waals surface area contributed by atoms with Gasteiger partial charge in [-0.3, -0.25) is 4.79 Å². The number of nitrogens with zero attached hydrogens (tertiary/aromatic N) is 1. The third-order valence-corrected chi connectivity index (χ3v) is 6.47. The van der Waals surface area contributed by atoms with Gasteiger partial charge in [-0.05, 0) is 67.0 Å². The van der Waals surface area contributed by atoms with Crippen molar-refractivity contribution in [2.45, 2.75) is 37.6 Å². The average molecular weight is 414 g/mol. The molecular weight excluding hydrogens is 389 g/mol. The Labute approximate surface area is 177 Å². The third-order valence-electron chi connectivity index (χ3n) is 5.98. The fourth-order valence-electron chi connectivity index (χ4n) is 4.43. The molecule has 1 saturated heterocycles. The number of rotatable bonds is 6. The smallest absolute Gasteiger partial charge is 0.226 e. The molecule has 2 fully saturated rings. The van der Waals surface area contributed by atoms with Crippen molar-refractivity contribution in [3.63, 3.8) is 0 Å². The van der Waals surface area contributed by atoms with Gasteiger partial charge in [0.25, 0.3) is 0 Å². The maximum Gasteiger partial charge on any atom is 0.226 e. The van der Waals surface area contributed by atoms with E-state index in [-0.39, 0.29) is 23.8 Å². The summed E-state index contributed by atoms with van der Waals surface area (Å²) in [4.78, 5) is 15.5. The Hall–Kier alpha value is -1.77. The van der Waals surface area contributed by atoms with Crippen molar-refractivity contribution >= 4 is 29.1 Å². The maximum atomic E-state index is 13.4. The van der Waals surface area contributed by atoms with Crippen LogP contribution in [0.2, 0.25) is 10.0 Å². The number of piperidine rings is 1. The van der Waals surface area contributed by atoms with Gasteiger partial charge in [-0.2, -0.15) is 0 Å². The molecular formula is C24H25Cl2NO. The molecule has 0 N–H and O–H groups in total. The lowest BCUT2D eigenvalue weighted by atomic mass is 9.75. The summed E-state index contributed by atoms with van der Waals surface area (Å²) in [6.45, 7) is 4.71. The monoisotopic (exact) mass is 413 g/mol. The minimum absolute atomic E-state index is 0.00454. The number of carbonyl (C=O) groups is 1. The summed E-state index contributed by atoms with van der Waals surface area (Å²) in [5, 5.41) is 1.45. The molecule has 28 heavy (non-hydrogen) atoms. The van der Waals surface area contributed by atoms with Crippen LogP contribution < -0.4 is 0 Å². The molecule has 1 saturated carbocycles. The van der Waals surface area contributed by atoms with Gasteiger partial charge in [-0.15, -0.1) is 6.58 Å². The maximum absolute atomic E-state index is 13.4. The molecule has 0 bridgehead atoms. The summed E-state index contributed by atoms with van der Waals surface area (Å²) < 4.78 is 0. The first-order valence-corrected chi connectivity index (χ1v) is 10.7. The van der Waals surface area contributed by atoms with Crippen molar-refractivity contribution in [3.8, 4) is 0 Å². The van der Waals surface area contributed by atoms with E-state index in [1.807, 2.05) is 36.4 Å². The van der Waals surface area contributed by atoms with E-state index in [1.165, 1.54) is 18.4 Å². The predicted octanol–water partition coefficient (Wildman–Crippen LogP) is 6.65. The molecule has 4 heteroatoms. The van der Waals surface area contributed by atoms with Gasteiger partial charge in [0.1, 0.15) is 0 Å². The first kappa shape index (κ1) is 19.5. The number of allylic oxidation sites excluding steroid dienone is 1. The SMILES string of the molecule is C=CC[C@H]1C[C@H](c2cccc(Cl)c2)C(c2ccc(Cl)cc2)N(CC2CC2)C1=O. The van der Waals surface area contributed by atoms with Crippen LogP contribution in [-0.2, 0) is 4.79 Å². The van der Waals surface area contributed by atoms with Crippen molar-refractivity contribution in [2.24, 2.45) is 11.8 Å². The molecule has 0 spiro atoms. The van der Waals surface area contributed by atoms with Gasteiger partial charge < -0.3 is 4.90 Å². The summed E-state index contributed by atoms with van der Waals surface area (Å²) in [5.74, 6) is 1.05. The second-order valence-corrected chi connectivity index (χ2v) is 8.92. The Balaban J connectivity index is 1.79. The molecule has 146 valence electrons. The van der Waals surface area contributed by atoms with Crippen LogP contribution in [-0.4, -0.2) is 17.4 Å². The van der Waals surface area contributed by atoms with Crippen LogP contribution in [0.4, 0.5) is 0 Å². The second-order valence-electron chi connectivity index (χ2n) is 8.05. The lowest BCUT2D eigenvalue weighted by Crippen LogP contribution is -2.47. The van der Waals surface area contributed by atoms with Crippen LogP contribution in [0.1, 0.15) is 48.8 Å². The lowest BCUT2D eigenvalue weighted by molar-refractivity contribution is -0.143. The highest BCUT2D eigenvalue weighted by Crippen LogP contribution is 2.48. The second kappa shape index (κ2) is 8.31. The highest BCUT2D eigenvalue weighted by Gasteiger charge is 2.44. The van der Waals surface area contributed by atoms with Crippen LogP contribution in [0.15, 0.2) is 61.2 Å². The van der Waals surface area contributed by atoms with E-state index in [4.69, 9.17) is 23.2 Å². The number of amides is 1. The molecule has 2 aliphatic rings. The number of likely N-dealkylation sites (tertiary alicyclic amines) is 1. The number of benzene rings is 2. The summed E-state index contributed by atoms with van der Waals surface area (Å²) in [7, 11) is 0. The lowest BCUT2D eigenvalue weighted by Gasteiger charge is -2.45. The van der Waals surface area contributed by atoms with E-state index in [2.05, 4.69) is 29.7 Å². The van der Waals surface area contributed by atoms with Crippen molar-refractivity contribution in [2.75, 3.05) is 6.54 Å². The highest BCUT2D eigenvalue weighted by molar-refractivity contribution is 6.30. The van der Waals surface area contributed by atoms with Crippen LogP contribution in [0.5, 0.6) is 0 Å². The van der Waals surface area contributed by atoms with E-state index in [0.717, 1.165) is 23.6 Å². The zero-order valence-electron chi connectivity index (χ0n) is 15.9. The molecule has 1 aliphatic carbocycles.